The summed E-state index contributed by atoms with van der Waals surface area (Å²) in [5.74, 6) is -0.429. The summed E-state index contributed by atoms with van der Waals surface area (Å²) in [4.78, 5) is 11.4. The first kappa shape index (κ1) is 15.8. The van der Waals surface area contributed by atoms with Crippen LogP contribution in [0.15, 0.2) is 18.2 Å². The van der Waals surface area contributed by atoms with Crippen LogP contribution in [0.1, 0.15) is 12.0 Å². The number of aryl methyl sites for hydroxylation is 1. The average molecular weight is 296 g/mol. The van der Waals surface area contributed by atoms with Gasteiger partial charge in [-0.2, -0.15) is 13.2 Å². The van der Waals surface area contributed by atoms with E-state index >= 15 is 0 Å². The largest absolute Gasteiger partial charge is 0.411 e. The number of carbonyl (C=O) groups is 1. The van der Waals surface area contributed by atoms with E-state index in [9.17, 15) is 18.0 Å². The molecule has 1 amide bonds. The molecule has 0 atom stereocenters. The van der Waals surface area contributed by atoms with Crippen LogP contribution in [0.2, 0.25) is 5.02 Å². The molecule has 0 aliphatic rings. The number of ether oxygens (including phenoxy) is 1. The van der Waals surface area contributed by atoms with Crippen LogP contribution in [0.25, 0.3) is 0 Å². The highest BCUT2D eigenvalue weighted by molar-refractivity contribution is 6.31. The Bertz CT molecular complexity index is 449. The molecule has 0 radical (unpaired) electrons. The summed E-state index contributed by atoms with van der Waals surface area (Å²) < 4.78 is 39.6. The van der Waals surface area contributed by atoms with Gasteiger partial charge in [0.2, 0.25) is 5.91 Å². The van der Waals surface area contributed by atoms with Crippen LogP contribution in [-0.4, -0.2) is 25.3 Å². The van der Waals surface area contributed by atoms with Crippen molar-refractivity contribution >= 4 is 23.2 Å². The normalized spacial score (nSPS) is 11.4. The topological polar surface area (TPSA) is 38.3 Å². The zero-order valence-electron chi connectivity index (χ0n) is 10.2. The summed E-state index contributed by atoms with van der Waals surface area (Å²) in [7, 11) is 0. The molecule has 0 fully saturated rings. The molecule has 1 rings (SSSR count). The molecule has 0 saturated heterocycles. The van der Waals surface area contributed by atoms with Gasteiger partial charge >= 0.3 is 6.18 Å². The summed E-state index contributed by atoms with van der Waals surface area (Å²) in [5, 5.41) is 3.03. The highest BCUT2D eigenvalue weighted by atomic mass is 35.5. The van der Waals surface area contributed by atoms with Crippen molar-refractivity contribution in [3.63, 3.8) is 0 Å². The number of halogens is 4. The fraction of sp³-hybridized carbons (Fsp3) is 0.417. The Morgan fingerprint density at radius 2 is 2.11 bits per heavy atom. The molecule has 0 aliphatic carbocycles. The zero-order chi connectivity index (χ0) is 14.5. The van der Waals surface area contributed by atoms with Gasteiger partial charge in [-0.3, -0.25) is 4.79 Å². The van der Waals surface area contributed by atoms with E-state index in [-0.39, 0.29) is 13.0 Å². The van der Waals surface area contributed by atoms with Gasteiger partial charge in [0.15, 0.2) is 0 Å². The standard InChI is InChI=1S/C12H13ClF3NO2/c1-8-2-3-9(6-10(8)13)17-11(18)4-5-19-7-12(14,15)16/h2-3,6H,4-5,7H2,1H3,(H,17,18). The first-order valence-electron chi connectivity index (χ1n) is 5.48. The summed E-state index contributed by atoms with van der Waals surface area (Å²) in [6.45, 7) is 0.181. The molecule has 3 nitrogen and oxygen atoms in total. The molecule has 0 spiro atoms. The molecular formula is C12H13ClF3NO2. The van der Waals surface area contributed by atoms with Crippen LogP contribution in [-0.2, 0) is 9.53 Å². The Morgan fingerprint density at radius 3 is 2.68 bits per heavy atom. The van der Waals surface area contributed by atoms with Gasteiger partial charge in [0.25, 0.3) is 0 Å². The van der Waals surface area contributed by atoms with Crippen molar-refractivity contribution in [2.24, 2.45) is 0 Å². The summed E-state index contributed by atoms with van der Waals surface area (Å²) in [5.41, 5.74) is 1.37. The van der Waals surface area contributed by atoms with E-state index in [1.807, 2.05) is 6.92 Å². The number of amides is 1. The fourth-order valence-electron chi connectivity index (χ4n) is 1.25. The van der Waals surface area contributed by atoms with Gasteiger partial charge in [0.1, 0.15) is 6.61 Å². The Morgan fingerprint density at radius 1 is 1.42 bits per heavy atom. The number of alkyl halides is 3. The van der Waals surface area contributed by atoms with E-state index in [1.165, 1.54) is 0 Å². The highest BCUT2D eigenvalue weighted by Crippen LogP contribution is 2.20. The second kappa shape index (κ2) is 6.77. The smallest absolute Gasteiger partial charge is 0.372 e. The molecule has 1 aromatic carbocycles. The number of nitrogens with one attached hydrogen (secondary N) is 1. The maximum absolute atomic E-state index is 11.8. The molecule has 1 N–H and O–H groups in total. The molecule has 0 bridgehead atoms. The Hall–Kier alpha value is -1.27. The summed E-state index contributed by atoms with van der Waals surface area (Å²) in [6, 6.07) is 4.97. The molecule has 106 valence electrons. The third kappa shape index (κ3) is 6.45. The van der Waals surface area contributed by atoms with Crippen molar-refractivity contribution in [2.45, 2.75) is 19.5 Å². The predicted octanol–water partition coefficient (Wildman–Crippen LogP) is 3.56. The second-order valence-electron chi connectivity index (χ2n) is 3.93. The van der Waals surface area contributed by atoms with Crippen LogP contribution >= 0.6 is 11.6 Å². The summed E-state index contributed by atoms with van der Waals surface area (Å²) in [6.07, 6.45) is -4.53. The highest BCUT2D eigenvalue weighted by Gasteiger charge is 2.27. The zero-order valence-corrected chi connectivity index (χ0v) is 10.9. The molecular weight excluding hydrogens is 283 g/mol. The van der Waals surface area contributed by atoms with E-state index in [1.54, 1.807) is 18.2 Å². The predicted molar refractivity (Wildman–Crippen MR) is 66.3 cm³/mol. The van der Waals surface area contributed by atoms with Gasteiger partial charge in [0.05, 0.1) is 13.0 Å². The second-order valence-corrected chi connectivity index (χ2v) is 4.34. The Balaban J connectivity index is 2.33. The molecule has 0 heterocycles. The molecule has 0 aromatic heterocycles. The molecule has 0 saturated carbocycles. The van der Waals surface area contributed by atoms with Crippen LogP contribution in [0.3, 0.4) is 0 Å². The average Bonchev–Trinajstić information content (AvgIpc) is 2.28. The number of hydrogen-bond donors (Lipinski definition) is 1. The van der Waals surface area contributed by atoms with Crippen LogP contribution < -0.4 is 5.32 Å². The van der Waals surface area contributed by atoms with Crippen molar-refractivity contribution < 1.29 is 22.7 Å². The minimum Gasteiger partial charge on any atom is -0.372 e. The number of rotatable bonds is 5. The van der Waals surface area contributed by atoms with Crippen molar-refractivity contribution in [2.75, 3.05) is 18.5 Å². The number of anilines is 1. The van der Waals surface area contributed by atoms with Gasteiger partial charge in [-0.05, 0) is 24.6 Å². The first-order valence-corrected chi connectivity index (χ1v) is 5.86. The van der Waals surface area contributed by atoms with Crippen LogP contribution in [0.4, 0.5) is 18.9 Å². The third-order valence-electron chi connectivity index (χ3n) is 2.19. The van der Waals surface area contributed by atoms with Crippen molar-refractivity contribution in [1.82, 2.24) is 0 Å². The van der Waals surface area contributed by atoms with Crippen molar-refractivity contribution in [3.8, 4) is 0 Å². The third-order valence-corrected chi connectivity index (χ3v) is 2.60. The maximum atomic E-state index is 11.8. The van der Waals surface area contributed by atoms with Crippen molar-refractivity contribution in [1.29, 1.82) is 0 Å². The summed E-state index contributed by atoms with van der Waals surface area (Å²) >= 11 is 5.87. The van der Waals surface area contributed by atoms with Gasteiger partial charge in [-0.1, -0.05) is 17.7 Å². The van der Waals surface area contributed by atoms with Gasteiger partial charge in [-0.15, -0.1) is 0 Å². The SMILES string of the molecule is Cc1ccc(NC(=O)CCOCC(F)(F)F)cc1Cl. The fourth-order valence-corrected chi connectivity index (χ4v) is 1.43. The van der Waals surface area contributed by atoms with Crippen LogP contribution in [0, 0.1) is 6.92 Å². The van der Waals surface area contributed by atoms with Crippen molar-refractivity contribution in [3.05, 3.63) is 28.8 Å². The number of carbonyl (C=O) groups excluding carboxylic acids is 1. The monoisotopic (exact) mass is 295 g/mol. The van der Waals surface area contributed by atoms with E-state index in [4.69, 9.17) is 11.6 Å². The quantitative estimate of drug-likeness (QED) is 0.844. The first-order chi connectivity index (χ1) is 8.78. The molecule has 19 heavy (non-hydrogen) atoms. The lowest BCUT2D eigenvalue weighted by molar-refractivity contribution is -0.174. The van der Waals surface area contributed by atoms with E-state index in [2.05, 4.69) is 10.1 Å². The van der Waals surface area contributed by atoms with Gasteiger partial charge in [0, 0.05) is 10.7 Å². The molecule has 0 aliphatic heterocycles. The van der Waals surface area contributed by atoms with Gasteiger partial charge < -0.3 is 10.1 Å². The lowest BCUT2D eigenvalue weighted by Crippen LogP contribution is -2.20. The maximum Gasteiger partial charge on any atom is 0.411 e. The number of hydrogen-bond acceptors (Lipinski definition) is 2. The Labute approximate surface area is 113 Å². The molecule has 0 unspecified atom stereocenters. The lowest BCUT2D eigenvalue weighted by atomic mass is 10.2. The minimum absolute atomic E-state index is 0.151. The van der Waals surface area contributed by atoms with E-state index in [0.717, 1.165) is 5.56 Å². The lowest BCUT2D eigenvalue weighted by Gasteiger charge is -2.08. The van der Waals surface area contributed by atoms with E-state index in [0.29, 0.717) is 10.7 Å². The molecule has 7 heteroatoms. The van der Waals surface area contributed by atoms with Gasteiger partial charge in [-0.25, -0.2) is 0 Å². The van der Waals surface area contributed by atoms with Crippen LogP contribution in [0.5, 0.6) is 0 Å². The minimum atomic E-state index is -4.37. The number of benzene rings is 1. The molecule has 1 aromatic rings. The van der Waals surface area contributed by atoms with E-state index < -0.39 is 18.7 Å². The Kier molecular flexibility index (Phi) is 5.62.